The molecule has 18 heavy (non-hydrogen) atoms. The molecule has 96 valence electrons. The van der Waals surface area contributed by atoms with Crippen molar-refractivity contribution in [3.63, 3.8) is 0 Å². The van der Waals surface area contributed by atoms with E-state index in [1.165, 1.54) is 0 Å². The van der Waals surface area contributed by atoms with Crippen LogP contribution in [0.1, 0.15) is 29.3 Å². The van der Waals surface area contributed by atoms with Gasteiger partial charge in [-0.3, -0.25) is 4.90 Å². The summed E-state index contributed by atoms with van der Waals surface area (Å²) in [7, 11) is 1.89. The molecule has 0 bridgehead atoms. The Morgan fingerprint density at radius 3 is 2.72 bits per heavy atom. The highest BCUT2D eigenvalue weighted by atomic mass is 16.4. The van der Waals surface area contributed by atoms with E-state index in [0.717, 1.165) is 12.0 Å². The van der Waals surface area contributed by atoms with Crippen LogP contribution in [0.15, 0.2) is 24.3 Å². The molecule has 1 atom stereocenters. The Morgan fingerprint density at radius 2 is 2.17 bits per heavy atom. The van der Waals surface area contributed by atoms with Crippen molar-refractivity contribution in [3.8, 4) is 6.07 Å². The summed E-state index contributed by atoms with van der Waals surface area (Å²) in [4.78, 5) is 13.0. The molecule has 1 N–H and O–H groups in total. The highest BCUT2D eigenvalue weighted by Gasteiger charge is 2.13. The van der Waals surface area contributed by atoms with Crippen LogP contribution in [0, 0.1) is 11.3 Å². The van der Waals surface area contributed by atoms with Crippen LogP contribution in [-0.2, 0) is 6.42 Å². The summed E-state index contributed by atoms with van der Waals surface area (Å²) in [6, 6.07) is 9.12. The zero-order valence-corrected chi connectivity index (χ0v) is 10.8. The molecule has 0 heterocycles. The minimum absolute atomic E-state index is 0.109. The van der Waals surface area contributed by atoms with Crippen LogP contribution < -0.4 is 0 Å². The van der Waals surface area contributed by atoms with Crippen molar-refractivity contribution in [1.29, 1.82) is 5.26 Å². The van der Waals surface area contributed by atoms with Gasteiger partial charge in [-0.1, -0.05) is 25.1 Å². The number of carboxylic acid groups (broad SMARTS) is 1. The van der Waals surface area contributed by atoms with Gasteiger partial charge >= 0.3 is 5.97 Å². The Labute approximate surface area is 107 Å². The summed E-state index contributed by atoms with van der Waals surface area (Å²) in [5, 5.41) is 18.0. The molecule has 0 fully saturated rings. The molecule has 4 nitrogen and oxygen atoms in total. The van der Waals surface area contributed by atoms with Crippen LogP contribution in [0.2, 0.25) is 0 Å². The van der Waals surface area contributed by atoms with Crippen LogP contribution in [0.25, 0.3) is 0 Å². The van der Waals surface area contributed by atoms with Gasteiger partial charge in [-0.25, -0.2) is 4.79 Å². The van der Waals surface area contributed by atoms with Crippen molar-refractivity contribution in [2.75, 3.05) is 13.6 Å². The predicted molar refractivity (Wildman–Crippen MR) is 69.4 cm³/mol. The fraction of sp³-hybridized carbons (Fsp3) is 0.429. The third kappa shape index (κ3) is 3.57. The lowest BCUT2D eigenvalue weighted by Crippen LogP contribution is -2.31. The van der Waals surface area contributed by atoms with Crippen LogP contribution >= 0.6 is 0 Å². The summed E-state index contributed by atoms with van der Waals surface area (Å²) in [6.07, 6.45) is 1.41. The van der Waals surface area contributed by atoms with Gasteiger partial charge in [0.15, 0.2) is 0 Å². The first-order valence-electron chi connectivity index (χ1n) is 6.01. The Bertz CT molecular complexity index is 451. The maximum Gasteiger partial charge on any atom is 0.335 e. The van der Waals surface area contributed by atoms with Crippen molar-refractivity contribution in [1.82, 2.24) is 4.90 Å². The molecule has 0 aromatic heterocycles. The molecular weight excluding hydrogens is 228 g/mol. The fourth-order valence-electron chi connectivity index (χ4n) is 1.90. The van der Waals surface area contributed by atoms with Gasteiger partial charge in [-0.15, -0.1) is 0 Å². The molecule has 0 radical (unpaired) electrons. The summed E-state index contributed by atoms with van der Waals surface area (Å²) in [5.74, 6) is -0.902. The summed E-state index contributed by atoms with van der Waals surface area (Å²) in [5.41, 5.74) is 1.15. The van der Waals surface area contributed by atoms with Crippen LogP contribution in [0.4, 0.5) is 0 Å². The topological polar surface area (TPSA) is 64.3 Å². The first kappa shape index (κ1) is 14.2. The lowest BCUT2D eigenvalue weighted by atomic mass is 10.0. The van der Waals surface area contributed by atoms with E-state index >= 15 is 0 Å². The van der Waals surface area contributed by atoms with Crippen molar-refractivity contribution >= 4 is 5.97 Å². The van der Waals surface area contributed by atoms with E-state index in [4.69, 9.17) is 10.4 Å². The SMILES string of the molecule is CCC(C#N)N(C)CCc1ccccc1C(=O)O. The average Bonchev–Trinajstić information content (AvgIpc) is 2.38. The second-order valence-electron chi connectivity index (χ2n) is 4.25. The Kier molecular flexibility index (Phi) is 5.34. The molecule has 0 aliphatic heterocycles. The van der Waals surface area contributed by atoms with Gasteiger partial charge in [-0.2, -0.15) is 5.26 Å². The quantitative estimate of drug-likeness (QED) is 0.835. The van der Waals surface area contributed by atoms with Crippen LogP contribution in [-0.4, -0.2) is 35.6 Å². The van der Waals surface area contributed by atoms with Crippen molar-refractivity contribution < 1.29 is 9.90 Å². The van der Waals surface area contributed by atoms with E-state index in [-0.39, 0.29) is 6.04 Å². The molecule has 1 aromatic carbocycles. The standard InChI is InChI=1S/C14H18N2O2/c1-3-12(10-15)16(2)9-8-11-6-4-5-7-13(11)14(17)18/h4-7,12H,3,8-9H2,1-2H3,(H,17,18). The number of hydrogen-bond donors (Lipinski definition) is 1. The first-order chi connectivity index (χ1) is 8.60. The first-order valence-corrected chi connectivity index (χ1v) is 6.01. The third-order valence-electron chi connectivity index (χ3n) is 3.05. The van der Waals surface area contributed by atoms with E-state index in [1.54, 1.807) is 12.1 Å². The fourth-order valence-corrected chi connectivity index (χ4v) is 1.90. The zero-order valence-electron chi connectivity index (χ0n) is 10.8. The maximum atomic E-state index is 11.0. The highest BCUT2D eigenvalue weighted by Crippen LogP contribution is 2.11. The largest absolute Gasteiger partial charge is 0.478 e. The Hall–Kier alpha value is -1.86. The average molecular weight is 246 g/mol. The van der Waals surface area contributed by atoms with E-state index in [1.807, 2.05) is 31.0 Å². The zero-order chi connectivity index (χ0) is 13.5. The molecule has 0 spiro atoms. The van der Waals surface area contributed by atoms with E-state index in [9.17, 15) is 4.79 Å². The molecule has 1 unspecified atom stereocenters. The monoisotopic (exact) mass is 246 g/mol. The van der Waals surface area contributed by atoms with Crippen molar-refractivity contribution in [3.05, 3.63) is 35.4 Å². The van der Waals surface area contributed by atoms with E-state index in [0.29, 0.717) is 18.5 Å². The van der Waals surface area contributed by atoms with Gasteiger partial charge < -0.3 is 5.11 Å². The lowest BCUT2D eigenvalue weighted by molar-refractivity contribution is 0.0695. The number of likely N-dealkylation sites (N-methyl/N-ethyl adjacent to an activating group) is 1. The Morgan fingerprint density at radius 1 is 1.50 bits per heavy atom. The summed E-state index contributed by atoms with van der Waals surface area (Å²) in [6.45, 7) is 2.64. The van der Waals surface area contributed by atoms with E-state index < -0.39 is 5.97 Å². The van der Waals surface area contributed by atoms with Gasteiger partial charge in [0, 0.05) is 6.54 Å². The molecule has 0 amide bonds. The minimum Gasteiger partial charge on any atom is -0.478 e. The molecule has 0 saturated carbocycles. The number of nitriles is 1. The number of rotatable bonds is 6. The van der Waals surface area contributed by atoms with Crippen LogP contribution in [0.3, 0.4) is 0 Å². The smallest absolute Gasteiger partial charge is 0.335 e. The minimum atomic E-state index is -0.902. The third-order valence-corrected chi connectivity index (χ3v) is 3.05. The summed E-state index contributed by atoms with van der Waals surface area (Å²) >= 11 is 0. The highest BCUT2D eigenvalue weighted by molar-refractivity contribution is 5.89. The molecular formula is C14H18N2O2. The number of carbonyl (C=O) groups is 1. The number of hydrogen-bond acceptors (Lipinski definition) is 3. The van der Waals surface area contributed by atoms with Gasteiger partial charge in [0.05, 0.1) is 17.7 Å². The second kappa shape index (κ2) is 6.77. The Balaban J connectivity index is 2.70. The summed E-state index contributed by atoms with van der Waals surface area (Å²) < 4.78 is 0. The molecule has 0 aliphatic rings. The van der Waals surface area contributed by atoms with Crippen molar-refractivity contribution in [2.24, 2.45) is 0 Å². The molecule has 1 aromatic rings. The number of carboxylic acids is 1. The van der Waals surface area contributed by atoms with Crippen molar-refractivity contribution in [2.45, 2.75) is 25.8 Å². The lowest BCUT2D eigenvalue weighted by Gasteiger charge is -2.21. The van der Waals surface area contributed by atoms with Gasteiger partial charge in [-0.05, 0) is 31.5 Å². The van der Waals surface area contributed by atoms with Crippen LogP contribution in [0.5, 0.6) is 0 Å². The number of aromatic carboxylic acids is 1. The molecule has 1 rings (SSSR count). The maximum absolute atomic E-state index is 11.0. The molecule has 4 heteroatoms. The molecule has 0 saturated heterocycles. The number of nitrogens with zero attached hydrogens (tertiary/aromatic N) is 2. The van der Waals surface area contributed by atoms with E-state index in [2.05, 4.69) is 6.07 Å². The number of benzene rings is 1. The second-order valence-corrected chi connectivity index (χ2v) is 4.25. The predicted octanol–water partition coefficient (Wildman–Crippen LogP) is 2.16. The van der Waals surface area contributed by atoms with Gasteiger partial charge in [0.25, 0.3) is 0 Å². The molecule has 0 aliphatic carbocycles. The van der Waals surface area contributed by atoms with Gasteiger partial charge in [0.1, 0.15) is 0 Å². The normalized spacial score (nSPS) is 12.1. The van der Waals surface area contributed by atoms with Gasteiger partial charge in [0.2, 0.25) is 0 Å².